The van der Waals surface area contributed by atoms with Gasteiger partial charge in [0.1, 0.15) is 0 Å². The van der Waals surface area contributed by atoms with E-state index in [9.17, 15) is 0 Å². The van der Waals surface area contributed by atoms with E-state index in [1.54, 1.807) is 0 Å². The molecule has 16 heavy (non-hydrogen) atoms. The zero-order chi connectivity index (χ0) is 10.8. The summed E-state index contributed by atoms with van der Waals surface area (Å²) < 4.78 is 0. The molecule has 1 aliphatic rings. The Hall–Kier alpha value is -1.80. The van der Waals surface area contributed by atoms with E-state index in [1.807, 2.05) is 0 Å². The van der Waals surface area contributed by atoms with Gasteiger partial charge in [-0.3, -0.25) is 5.32 Å². The minimum atomic E-state index is 0.304. The Labute approximate surface area is 95.3 Å². The van der Waals surface area contributed by atoms with Crippen LogP contribution in [-0.4, -0.2) is 6.67 Å². The van der Waals surface area contributed by atoms with Gasteiger partial charge >= 0.3 is 0 Å². The molecule has 0 saturated carbocycles. The minimum Gasteiger partial charge on any atom is -0.372 e. The average molecular weight is 210 g/mol. The van der Waals surface area contributed by atoms with Gasteiger partial charge in [-0.15, -0.1) is 0 Å². The molecular formula is C14H14N2. The maximum atomic E-state index is 3.48. The molecule has 0 saturated heterocycles. The van der Waals surface area contributed by atoms with Gasteiger partial charge in [0, 0.05) is 5.69 Å². The second kappa shape index (κ2) is 3.99. The summed E-state index contributed by atoms with van der Waals surface area (Å²) in [5.41, 5.74) is 3.87. The van der Waals surface area contributed by atoms with Crippen LogP contribution < -0.4 is 10.6 Å². The lowest BCUT2D eigenvalue weighted by molar-refractivity contribution is 0.616. The van der Waals surface area contributed by atoms with E-state index >= 15 is 0 Å². The highest BCUT2D eigenvalue weighted by Gasteiger charge is 2.19. The molecule has 1 atom stereocenters. The number of fused-ring (bicyclic) bond motifs is 1. The standard InChI is InChI=1S/C14H14N2/c1-2-6-11(7-3-1)14-12-8-4-5-9-13(12)15-10-16-14/h1-9,14-16H,10H2/t14-/m1/s1. The number of anilines is 1. The molecule has 0 aliphatic carbocycles. The van der Waals surface area contributed by atoms with Crippen LogP contribution >= 0.6 is 0 Å². The van der Waals surface area contributed by atoms with Crippen molar-refractivity contribution in [3.05, 3.63) is 65.7 Å². The first kappa shape index (κ1) is 9.43. The molecule has 0 bridgehead atoms. The van der Waals surface area contributed by atoms with Crippen molar-refractivity contribution in [2.45, 2.75) is 6.04 Å². The van der Waals surface area contributed by atoms with Crippen LogP contribution in [0.3, 0.4) is 0 Å². The molecule has 0 fully saturated rings. The summed E-state index contributed by atoms with van der Waals surface area (Å²) >= 11 is 0. The molecule has 3 rings (SSSR count). The van der Waals surface area contributed by atoms with Crippen molar-refractivity contribution in [1.29, 1.82) is 0 Å². The van der Waals surface area contributed by atoms with Crippen LogP contribution in [0, 0.1) is 0 Å². The smallest absolute Gasteiger partial charge is 0.0660 e. The van der Waals surface area contributed by atoms with E-state index in [2.05, 4.69) is 65.2 Å². The third-order valence-electron chi connectivity index (χ3n) is 2.99. The number of nitrogens with one attached hydrogen (secondary N) is 2. The topological polar surface area (TPSA) is 24.1 Å². The lowest BCUT2D eigenvalue weighted by atomic mass is 9.96. The molecule has 2 aromatic carbocycles. The van der Waals surface area contributed by atoms with Gasteiger partial charge in [0.25, 0.3) is 0 Å². The summed E-state index contributed by atoms with van der Waals surface area (Å²) in [4.78, 5) is 0. The zero-order valence-corrected chi connectivity index (χ0v) is 8.98. The van der Waals surface area contributed by atoms with Gasteiger partial charge < -0.3 is 5.32 Å². The Morgan fingerprint density at radius 2 is 1.62 bits per heavy atom. The molecule has 2 N–H and O–H groups in total. The van der Waals surface area contributed by atoms with E-state index in [4.69, 9.17) is 0 Å². The Bertz CT molecular complexity index is 479. The Kier molecular flexibility index (Phi) is 2.35. The molecule has 1 aliphatic heterocycles. The first-order chi connectivity index (χ1) is 7.95. The molecule has 1 heterocycles. The normalized spacial score (nSPS) is 18.6. The number of hydrogen-bond acceptors (Lipinski definition) is 2. The number of benzene rings is 2. The van der Waals surface area contributed by atoms with Crippen molar-refractivity contribution < 1.29 is 0 Å². The Balaban J connectivity index is 2.05. The van der Waals surface area contributed by atoms with Gasteiger partial charge in [-0.25, -0.2) is 0 Å². The van der Waals surface area contributed by atoms with Crippen LogP contribution in [0.25, 0.3) is 0 Å². The van der Waals surface area contributed by atoms with Crippen LogP contribution in [-0.2, 0) is 0 Å². The largest absolute Gasteiger partial charge is 0.372 e. The minimum absolute atomic E-state index is 0.304. The summed E-state index contributed by atoms with van der Waals surface area (Å²) in [5, 5.41) is 6.83. The molecular weight excluding hydrogens is 196 g/mol. The maximum Gasteiger partial charge on any atom is 0.0660 e. The van der Waals surface area contributed by atoms with Gasteiger partial charge in [-0.05, 0) is 17.2 Å². The van der Waals surface area contributed by atoms with E-state index in [1.165, 1.54) is 16.8 Å². The van der Waals surface area contributed by atoms with Crippen molar-refractivity contribution in [1.82, 2.24) is 5.32 Å². The summed E-state index contributed by atoms with van der Waals surface area (Å²) in [6.07, 6.45) is 0. The maximum absolute atomic E-state index is 3.48. The molecule has 2 aromatic rings. The summed E-state index contributed by atoms with van der Waals surface area (Å²) in [6.45, 7) is 0.816. The SMILES string of the molecule is c1ccc([C@H]2NCNc3ccccc32)cc1. The van der Waals surface area contributed by atoms with Gasteiger partial charge in [0.05, 0.1) is 12.7 Å². The van der Waals surface area contributed by atoms with Crippen molar-refractivity contribution in [3.63, 3.8) is 0 Å². The number of para-hydroxylation sites is 1. The second-order valence-electron chi connectivity index (χ2n) is 3.99. The van der Waals surface area contributed by atoms with E-state index in [0.29, 0.717) is 6.04 Å². The summed E-state index contributed by atoms with van der Waals surface area (Å²) in [5.74, 6) is 0. The Morgan fingerprint density at radius 3 is 2.50 bits per heavy atom. The van der Waals surface area contributed by atoms with Gasteiger partial charge in [0.15, 0.2) is 0 Å². The zero-order valence-electron chi connectivity index (χ0n) is 8.98. The highest BCUT2D eigenvalue weighted by molar-refractivity contribution is 5.56. The highest BCUT2D eigenvalue weighted by Crippen LogP contribution is 2.30. The fourth-order valence-corrected chi connectivity index (χ4v) is 2.21. The molecule has 0 amide bonds. The monoisotopic (exact) mass is 210 g/mol. The highest BCUT2D eigenvalue weighted by atomic mass is 15.1. The quantitative estimate of drug-likeness (QED) is 0.756. The average Bonchev–Trinajstić information content (AvgIpc) is 2.39. The molecule has 0 radical (unpaired) electrons. The fourth-order valence-electron chi connectivity index (χ4n) is 2.21. The van der Waals surface area contributed by atoms with E-state index in [-0.39, 0.29) is 0 Å². The van der Waals surface area contributed by atoms with E-state index < -0.39 is 0 Å². The fraction of sp³-hybridized carbons (Fsp3) is 0.143. The van der Waals surface area contributed by atoms with Crippen molar-refractivity contribution in [2.24, 2.45) is 0 Å². The van der Waals surface area contributed by atoms with Gasteiger partial charge in [0.2, 0.25) is 0 Å². The predicted molar refractivity (Wildman–Crippen MR) is 66.4 cm³/mol. The van der Waals surface area contributed by atoms with Crippen LogP contribution in [0.15, 0.2) is 54.6 Å². The predicted octanol–water partition coefficient (Wildman–Crippen LogP) is 2.75. The van der Waals surface area contributed by atoms with Gasteiger partial charge in [-0.1, -0.05) is 48.5 Å². The molecule has 2 nitrogen and oxygen atoms in total. The third kappa shape index (κ3) is 1.57. The van der Waals surface area contributed by atoms with Crippen molar-refractivity contribution >= 4 is 5.69 Å². The second-order valence-corrected chi connectivity index (χ2v) is 3.99. The number of rotatable bonds is 1. The van der Waals surface area contributed by atoms with Crippen LogP contribution in [0.5, 0.6) is 0 Å². The van der Waals surface area contributed by atoms with Gasteiger partial charge in [-0.2, -0.15) is 0 Å². The van der Waals surface area contributed by atoms with Crippen molar-refractivity contribution in [3.8, 4) is 0 Å². The molecule has 0 spiro atoms. The third-order valence-corrected chi connectivity index (χ3v) is 2.99. The van der Waals surface area contributed by atoms with Crippen LogP contribution in [0.1, 0.15) is 17.2 Å². The Morgan fingerprint density at radius 1 is 0.875 bits per heavy atom. The first-order valence-electron chi connectivity index (χ1n) is 5.56. The first-order valence-corrected chi connectivity index (χ1v) is 5.56. The molecule has 2 heteroatoms. The lowest BCUT2D eigenvalue weighted by Crippen LogP contribution is -2.33. The number of hydrogen-bond donors (Lipinski definition) is 2. The molecule has 80 valence electrons. The van der Waals surface area contributed by atoms with Crippen LogP contribution in [0.2, 0.25) is 0 Å². The summed E-state index contributed by atoms with van der Waals surface area (Å²) in [6, 6.07) is 19.3. The lowest BCUT2D eigenvalue weighted by Gasteiger charge is -2.28. The van der Waals surface area contributed by atoms with Crippen molar-refractivity contribution in [2.75, 3.05) is 12.0 Å². The molecule has 0 unspecified atom stereocenters. The van der Waals surface area contributed by atoms with Crippen LogP contribution in [0.4, 0.5) is 5.69 Å². The molecule has 0 aromatic heterocycles. The summed E-state index contributed by atoms with van der Waals surface area (Å²) in [7, 11) is 0. The van der Waals surface area contributed by atoms with E-state index in [0.717, 1.165) is 6.67 Å².